The summed E-state index contributed by atoms with van der Waals surface area (Å²) in [5, 5.41) is 2.38. The van der Waals surface area contributed by atoms with E-state index in [-0.39, 0.29) is 0 Å². The summed E-state index contributed by atoms with van der Waals surface area (Å²) in [4.78, 5) is 9.95. The molecular formula is C6H5ClNO+. The van der Waals surface area contributed by atoms with E-state index in [0.717, 1.165) is 0 Å². The molecule has 0 bridgehead atoms. The van der Waals surface area contributed by atoms with E-state index in [1.54, 1.807) is 29.4 Å². The Labute approximate surface area is 57.4 Å². The van der Waals surface area contributed by atoms with Crippen LogP contribution in [0.3, 0.4) is 0 Å². The molecule has 1 aromatic rings. The van der Waals surface area contributed by atoms with Gasteiger partial charge in [0, 0.05) is 27.2 Å². The number of halogens is 1. The molecule has 0 aliphatic rings. The van der Waals surface area contributed by atoms with Crippen molar-refractivity contribution in [2.75, 3.05) is 0 Å². The van der Waals surface area contributed by atoms with Crippen LogP contribution in [0.5, 0.6) is 0 Å². The first kappa shape index (κ1) is 6.23. The minimum absolute atomic E-state index is 0.527. The molecule has 1 aromatic carbocycles. The maximum atomic E-state index is 9.95. The molecule has 0 spiro atoms. The average molecular weight is 143 g/mol. The van der Waals surface area contributed by atoms with Crippen molar-refractivity contribution in [3.8, 4) is 0 Å². The molecule has 3 heteroatoms. The number of hydrogen-bond acceptors (Lipinski definition) is 1. The number of nitrogens with one attached hydrogen (secondary N) is 1. The van der Waals surface area contributed by atoms with Crippen molar-refractivity contribution in [1.29, 1.82) is 0 Å². The lowest BCUT2D eigenvalue weighted by molar-refractivity contribution is -0.379. The Morgan fingerprint density at radius 3 is 2.22 bits per heavy atom. The highest BCUT2D eigenvalue weighted by molar-refractivity contribution is 6.30. The van der Waals surface area contributed by atoms with Gasteiger partial charge in [-0.25, -0.2) is 0 Å². The molecule has 2 nitrogen and oxygen atoms in total. The second-order valence-corrected chi connectivity index (χ2v) is 2.05. The topological polar surface area (TPSA) is 31.0 Å². The minimum atomic E-state index is 0.527. The first-order valence-corrected chi connectivity index (χ1v) is 2.84. The van der Waals surface area contributed by atoms with E-state index >= 15 is 0 Å². The van der Waals surface area contributed by atoms with E-state index in [9.17, 15) is 4.91 Å². The quantitative estimate of drug-likeness (QED) is 0.619. The van der Waals surface area contributed by atoms with Crippen LogP contribution < -0.4 is 5.18 Å². The number of benzene rings is 1. The van der Waals surface area contributed by atoms with Crippen LogP contribution in [-0.4, -0.2) is 0 Å². The van der Waals surface area contributed by atoms with Gasteiger partial charge in [-0.15, -0.1) is 0 Å². The van der Waals surface area contributed by atoms with E-state index in [1.165, 1.54) is 0 Å². The fourth-order valence-corrected chi connectivity index (χ4v) is 0.644. The highest BCUT2D eigenvalue weighted by atomic mass is 35.5. The Balaban J connectivity index is 3.01. The second-order valence-electron chi connectivity index (χ2n) is 1.61. The summed E-state index contributed by atoms with van der Waals surface area (Å²) in [6, 6.07) is 6.55. The van der Waals surface area contributed by atoms with Crippen LogP contribution in [0.1, 0.15) is 0 Å². The molecule has 0 fully saturated rings. The lowest BCUT2D eigenvalue weighted by Crippen LogP contribution is -2.55. The molecule has 0 amide bonds. The predicted octanol–water partition coefficient (Wildman–Crippen LogP) is 0.818. The highest BCUT2D eigenvalue weighted by Crippen LogP contribution is 2.08. The van der Waals surface area contributed by atoms with Crippen molar-refractivity contribution >= 4 is 17.3 Å². The Kier molecular flexibility index (Phi) is 1.80. The summed E-state index contributed by atoms with van der Waals surface area (Å²) in [5.74, 6) is 0. The van der Waals surface area contributed by atoms with E-state index in [1.807, 2.05) is 0 Å². The monoisotopic (exact) mass is 142 g/mol. The lowest BCUT2D eigenvalue weighted by Gasteiger charge is -1.82. The second kappa shape index (κ2) is 2.60. The van der Waals surface area contributed by atoms with Crippen LogP contribution in [0, 0.1) is 4.91 Å². The van der Waals surface area contributed by atoms with Crippen LogP contribution >= 0.6 is 11.6 Å². The molecule has 0 unspecified atom stereocenters. The van der Waals surface area contributed by atoms with Gasteiger partial charge in [-0.1, -0.05) is 11.6 Å². The summed E-state index contributed by atoms with van der Waals surface area (Å²) in [6.07, 6.45) is 0. The van der Waals surface area contributed by atoms with Gasteiger partial charge in [0.1, 0.15) is 0 Å². The van der Waals surface area contributed by atoms with Crippen LogP contribution in [0.15, 0.2) is 24.3 Å². The molecule has 46 valence electrons. The Bertz CT molecular complexity index is 207. The van der Waals surface area contributed by atoms with Gasteiger partial charge in [0.25, 0.3) is 5.69 Å². The molecule has 0 atom stereocenters. The van der Waals surface area contributed by atoms with Gasteiger partial charge >= 0.3 is 0 Å². The molecule has 0 radical (unpaired) electrons. The minimum Gasteiger partial charge on any atom is -0.0843 e. The first-order valence-electron chi connectivity index (χ1n) is 2.46. The summed E-state index contributed by atoms with van der Waals surface area (Å²) < 4.78 is 0. The lowest BCUT2D eigenvalue weighted by atomic mass is 10.3. The Morgan fingerprint density at radius 2 is 1.78 bits per heavy atom. The molecule has 0 aromatic heterocycles. The summed E-state index contributed by atoms with van der Waals surface area (Å²) in [7, 11) is 0. The molecule has 0 saturated carbocycles. The van der Waals surface area contributed by atoms with Gasteiger partial charge in [-0.3, -0.25) is 0 Å². The maximum absolute atomic E-state index is 9.95. The standard InChI is InChI=1S/C6H4ClNO/c7-5-1-3-6(8-9)4-2-5/h1-4H/p+1. The molecule has 9 heavy (non-hydrogen) atoms. The van der Waals surface area contributed by atoms with Gasteiger partial charge in [0.05, 0.1) is 0 Å². The van der Waals surface area contributed by atoms with Crippen LogP contribution in [0.25, 0.3) is 0 Å². The maximum Gasteiger partial charge on any atom is 0.253 e. The zero-order valence-corrected chi connectivity index (χ0v) is 5.35. The van der Waals surface area contributed by atoms with E-state index in [0.29, 0.717) is 10.7 Å². The Morgan fingerprint density at radius 1 is 1.22 bits per heavy atom. The fraction of sp³-hybridized carbons (Fsp3) is 0. The molecule has 0 aliphatic heterocycles. The van der Waals surface area contributed by atoms with Gasteiger partial charge in [0.15, 0.2) is 0 Å². The van der Waals surface area contributed by atoms with Crippen molar-refractivity contribution in [2.24, 2.45) is 0 Å². The highest BCUT2D eigenvalue weighted by Gasteiger charge is 1.93. The summed E-state index contributed by atoms with van der Waals surface area (Å²) in [6.45, 7) is 0. The van der Waals surface area contributed by atoms with Gasteiger partial charge < -0.3 is 0 Å². The third-order valence-corrected chi connectivity index (χ3v) is 1.21. The number of nitroso groups, excluding NO2 is 1. The number of hydrogen-bond donors (Lipinski definition) is 1. The van der Waals surface area contributed by atoms with E-state index in [2.05, 4.69) is 0 Å². The summed E-state index contributed by atoms with van der Waals surface area (Å²) >= 11 is 5.54. The van der Waals surface area contributed by atoms with Gasteiger partial charge in [0.2, 0.25) is 0 Å². The molecule has 0 saturated heterocycles. The molecule has 0 heterocycles. The smallest absolute Gasteiger partial charge is 0.0843 e. The molecule has 1 rings (SSSR count). The van der Waals surface area contributed by atoms with Crippen molar-refractivity contribution < 1.29 is 5.18 Å². The zero-order chi connectivity index (χ0) is 6.69. The van der Waals surface area contributed by atoms with Crippen LogP contribution in [0.4, 0.5) is 5.69 Å². The third kappa shape index (κ3) is 1.50. The predicted molar refractivity (Wildman–Crippen MR) is 35.4 cm³/mol. The molecular weight excluding hydrogens is 138 g/mol. The van der Waals surface area contributed by atoms with Crippen molar-refractivity contribution in [2.45, 2.75) is 0 Å². The molecule has 0 aliphatic carbocycles. The van der Waals surface area contributed by atoms with Crippen molar-refractivity contribution in [3.05, 3.63) is 34.2 Å². The summed E-state index contributed by atoms with van der Waals surface area (Å²) in [5.41, 5.74) is 0.527. The van der Waals surface area contributed by atoms with Crippen LogP contribution in [-0.2, 0) is 0 Å². The van der Waals surface area contributed by atoms with E-state index in [4.69, 9.17) is 11.6 Å². The van der Waals surface area contributed by atoms with Crippen molar-refractivity contribution in [1.82, 2.24) is 0 Å². The fourth-order valence-electron chi connectivity index (χ4n) is 0.518. The Hall–Kier alpha value is -0.890. The third-order valence-electron chi connectivity index (χ3n) is 0.962. The SMILES string of the molecule is O=[NH+]c1ccc(Cl)cc1. The zero-order valence-electron chi connectivity index (χ0n) is 4.60. The van der Waals surface area contributed by atoms with Crippen molar-refractivity contribution in [3.63, 3.8) is 0 Å². The first-order chi connectivity index (χ1) is 4.33. The normalized spacial score (nSPS) is 9.00. The van der Waals surface area contributed by atoms with E-state index < -0.39 is 0 Å². The largest absolute Gasteiger partial charge is 0.253 e. The molecule has 1 N–H and O–H groups in total. The average Bonchev–Trinajstić information content (AvgIpc) is 1.90. The van der Waals surface area contributed by atoms with Gasteiger partial charge in [-0.2, -0.15) is 0 Å². The van der Waals surface area contributed by atoms with Crippen LogP contribution in [0.2, 0.25) is 5.02 Å². The van der Waals surface area contributed by atoms with Gasteiger partial charge in [-0.05, 0) is 12.1 Å². The number of rotatable bonds is 1.